The van der Waals surface area contributed by atoms with Crippen molar-refractivity contribution < 1.29 is 13.9 Å². The molecule has 0 aliphatic carbocycles. The summed E-state index contributed by atoms with van der Waals surface area (Å²) in [6.45, 7) is 0. The summed E-state index contributed by atoms with van der Waals surface area (Å²) in [7, 11) is 1.21. The molecule has 3 aromatic rings. The Labute approximate surface area is 131 Å². The number of nitrogens with two attached hydrogens (primary N) is 1. The quantitative estimate of drug-likeness (QED) is 0.723. The number of halogens is 1. The van der Waals surface area contributed by atoms with Crippen molar-refractivity contribution in [1.29, 1.82) is 0 Å². The summed E-state index contributed by atoms with van der Waals surface area (Å²) in [6.07, 6.45) is 1.59. The van der Waals surface area contributed by atoms with Crippen molar-refractivity contribution in [1.82, 2.24) is 9.97 Å². The molecule has 3 N–H and O–H groups in total. The van der Waals surface area contributed by atoms with Crippen molar-refractivity contribution in [2.24, 2.45) is 0 Å². The van der Waals surface area contributed by atoms with E-state index >= 15 is 0 Å². The normalized spacial score (nSPS) is 10.5. The first-order valence-electron chi connectivity index (χ1n) is 6.74. The first kappa shape index (κ1) is 14.7. The number of carbonyl (C=O) groups is 1. The van der Waals surface area contributed by atoms with Gasteiger partial charge in [-0.1, -0.05) is 18.2 Å². The molecule has 116 valence electrons. The van der Waals surface area contributed by atoms with Crippen LogP contribution in [0, 0.1) is 5.82 Å². The molecule has 7 heteroatoms. The number of esters is 1. The van der Waals surface area contributed by atoms with Gasteiger partial charge in [-0.05, 0) is 18.2 Å². The number of ether oxygens (including phenoxy) is 1. The third kappa shape index (κ3) is 2.89. The van der Waals surface area contributed by atoms with Crippen molar-refractivity contribution in [3.05, 3.63) is 54.0 Å². The number of pyridine rings is 2. The zero-order valence-corrected chi connectivity index (χ0v) is 12.2. The van der Waals surface area contributed by atoms with Gasteiger partial charge >= 0.3 is 5.97 Å². The van der Waals surface area contributed by atoms with E-state index in [9.17, 15) is 9.18 Å². The van der Waals surface area contributed by atoms with Crippen LogP contribution in [0.5, 0.6) is 0 Å². The lowest BCUT2D eigenvalue weighted by Crippen LogP contribution is -2.10. The molecule has 0 unspecified atom stereocenters. The lowest BCUT2D eigenvalue weighted by atomic mass is 10.2. The number of hydrogen-bond donors (Lipinski definition) is 2. The molecule has 0 spiro atoms. The van der Waals surface area contributed by atoms with Gasteiger partial charge in [0.25, 0.3) is 0 Å². The number of benzene rings is 1. The van der Waals surface area contributed by atoms with Crippen molar-refractivity contribution in [3.8, 4) is 0 Å². The molecule has 2 heterocycles. The smallest absolute Gasteiger partial charge is 0.341 e. The highest BCUT2D eigenvalue weighted by Crippen LogP contribution is 2.24. The predicted molar refractivity (Wildman–Crippen MR) is 85.0 cm³/mol. The van der Waals surface area contributed by atoms with Gasteiger partial charge in [-0.25, -0.2) is 14.2 Å². The SMILES string of the molecule is COC(=O)c1cc(F)c(N)nc1Nc1cnc2ccccc2c1. The number of aromatic nitrogens is 2. The number of fused-ring (bicyclic) bond motifs is 1. The molecule has 0 aliphatic rings. The molecule has 0 atom stereocenters. The van der Waals surface area contributed by atoms with Crippen molar-refractivity contribution in [2.75, 3.05) is 18.2 Å². The number of para-hydroxylation sites is 1. The van der Waals surface area contributed by atoms with E-state index in [0.717, 1.165) is 17.0 Å². The molecule has 0 aliphatic heterocycles. The number of nitrogens with one attached hydrogen (secondary N) is 1. The summed E-state index contributed by atoms with van der Waals surface area (Å²) in [4.78, 5) is 20.0. The van der Waals surface area contributed by atoms with Crippen LogP contribution in [0.1, 0.15) is 10.4 Å². The molecule has 0 radical (unpaired) electrons. The Morgan fingerprint density at radius 1 is 1.30 bits per heavy atom. The van der Waals surface area contributed by atoms with Gasteiger partial charge < -0.3 is 15.8 Å². The van der Waals surface area contributed by atoms with Gasteiger partial charge in [-0.15, -0.1) is 0 Å². The second-order valence-electron chi connectivity index (χ2n) is 4.78. The highest BCUT2D eigenvalue weighted by molar-refractivity contribution is 5.96. The average molecular weight is 312 g/mol. The van der Waals surface area contributed by atoms with Crippen LogP contribution >= 0.6 is 0 Å². The Balaban J connectivity index is 2.03. The van der Waals surface area contributed by atoms with Gasteiger partial charge in [0.15, 0.2) is 11.6 Å². The van der Waals surface area contributed by atoms with Gasteiger partial charge in [-0.3, -0.25) is 4.98 Å². The second-order valence-corrected chi connectivity index (χ2v) is 4.78. The fourth-order valence-electron chi connectivity index (χ4n) is 2.14. The molecule has 0 amide bonds. The summed E-state index contributed by atoms with van der Waals surface area (Å²) in [5, 5.41) is 3.84. The van der Waals surface area contributed by atoms with Crippen LogP contribution in [0.4, 0.5) is 21.7 Å². The molecule has 0 fully saturated rings. The summed E-state index contributed by atoms with van der Waals surface area (Å²) >= 11 is 0. The first-order chi connectivity index (χ1) is 11.1. The standard InChI is InChI=1S/C16H13FN4O2/c1-23-16(22)11-7-12(17)14(18)21-15(11)20-10-6-9-4-2-3-5-13(9)19-8-10/h2-8H,1H3,(H3,18,20,21). The third-order valence-corrected chi connectivity index (χ3v) is 3.26. The van der Waals surface area contributed by atoms with Crippen LogP contribution in [0.3, 0.4) is 0 Å². The van der Waals surface area contributed by atoms with Crippen LogP contribution in [0.25, 0.3) is 10.9 Å². The topological polar surface area (TPSA) is 90.1 Å². The minimum Gasteiger partial charge on any atom is -0.465 e. The lowest BCUT2D eigenvalue weighted by Gasteiger charge is -2.11. The maximum atomic E-state index is 13.6. The minimum atomic E-state index is -0.785. The van der Waals surface area contributed by atoms with E-state index in [4.69, 9.17) is 5.73 Å². The lowest BCUT2D eigenvalue weighted by molar-refractivity contribution is 0.0601. The molecule has 23 heavy (non-hydrogen) atoms. The molecule has 0 saturated heterocycles. The number of anilines is 3. The molecular formula is C16H13FN4O2. The third-order valence-electron chi connectivity index (χ3n) is 3.26. The summed E-state index contributed by atoms with van der Waals surface area (Å²) in [6, 6.07) is 10.4. The summed E-state index contributed by atoms with van der Waals surface area (Å²) in [5.74, 6) is -1.71. The van der Waals surface area contributed by atoms with Crippen molar-refractivity contribution in [2.45, 2.75) is 0 Å². The average Bonchev–Trinajstić information content (AvgIpc) is 2.57. The summed E-state index contributed by atoms with van der Waals surface area (Å²) in [5.41, 5.74) is 6.85. The van der Waals surface area contributed by atoms with E-state index in [1.165, 1.54) is 7.11 Å². The van der Waals surface area contributed by atoms with E-state index in [1.54, 1.807) is 6.20 Å². The molecule has 0 saturated carbocycles. The Kier molecular flexibility index (Phi) is 3.76. The maximum Gasteiger partial charge on any atom is 0.341 e. The zero-order valence-electron chi connectivity index (χ0n) is 12.2. The Morgan fingerprint density at radius 2 is 2.09 bits per heavy atom. The van der Waals surface area contributed by atoms with E-state index < -0.39 is 11.8 Å². The van der Waals surface area contributed by atoms with E-state index in [2.05, 4.69) is 20.0 Å². The fraction of sp³-hybridized carbons (Fsp3) is 0.0625. The fourth-order valence-corrected chi connectivity index (χ4v) is 2.14. The molecular weight excluding hydrogens is 299 g/mol. The molecule has 6 nitrogen and oxygen atoms in total. The van der Waals surface area contributed by atoms with E-state index in [1.807, 2.05) is 30.3 Å². The van der Waals surface area contributed by atoms with Crippen LogP contribution < -0.4 is 11.1 Å². The number of methoxy groups -OCH3 is 1. The summed E-state index contributed by atoms with van der Waals surface area (Å²) < 4.78 is 18.2. The molecule has 3 rings (SSSR count). The van der Waals surface area contributed by atoms with E-state index in [-0.39, 0.29) is 17.2 Å². The molecule has 2 aromatic heterocycles. The second kappa shape index (κ2) is 5.88. The van der Waals surface area contributed by atoms with E-state index in [0.29, 0.717) is 5.69 Å². The Morgan fingerprint density at radius 3 is 2.87 bits per heavy atom. The van der Waals surface area contributed by atoms with Crippen molar-refractivity contribution >= 4 is 34.2 Å². The van der Waals surface area contributed by atoms with Gasteiger partial charge in [-0.2, -0.15) is 0 Å². The predicted octanol–water partition coefficient (Wildman–Crippen LogP) is 2.88. The van der Waals surface area contributed by atoms with Gasteiger partial charge in [0.1, 0.15) is 11.4 Å². The van der Waals surface area contributed by atoms with Crippen LogP contribution in [-0.2, 0) is 4.74 Å². The monoisotopic (exact) mass is 312 g/mol. The van der Waals surface area contributed by atoms with Crippen LogP contribution in [0.2, 0.25) is 0 Å². The Hall–Kier alpha value is -3.22. The van der Waals surface area contributed by atoms with Gasteiger partial charge in [0, 0.05) is 5.39 Å². The molecule has 0 bridgehead atoms. The number of nitrogen functional groups attached to an aromatic ring is 1. The number of nitrogens with zero attached hydrogens (tertiary/aromatic N) is 2. The largest absolute Gasteiger partial charge is 0.465 e. The van der Waals surface area contributed by atoms with Crippen molar-refractivity contribution in [3.63, 3.8) is 0 Å². The van der Waals surface area contributed by atoms with Crippen LogP contribution in [-0.4, -0.2) is 23.0 Å². The number of rotatable bonds is 3. The van der Waals surface area contributed by atoms with Gasteiger partial charge in [0.05, 0.1) is 24.5 Å². The minimum absolute atomic E-state index is 0.0487. The zero-order chi connectivity index (χ0) is 16.4. The highest BCUT2D eigenvalue weighted by atomic mass is 19.1. The maximum absolute atomic E-state index is 13.6. The van der Waals surface area contributed by atoms with Gasteiger partial charge in [0.2, 0.25) is 0 Å². The Bertz CT molecular complexity index is 898. The number of hydrogen-bond acceptors (Lipinski definition) is 6. The van der Waals surface area contributed by atoms with Crippen LogP contribution in [0.15, 0.2) is 42.6 Å². The number of carbonyl (C=O) groups excluding carboxylic acids is 1. The first-order valence-corrected chi connectivity index (χ1v) is 6.74. The highest BCUT2D eigenvalue weighted by Gasteiger charge is 2.17. The molecule has 1 aromatic carbocycles.